The van der Waals surface area contributed by atoms with Gasteiger partial charge in [0.25, 0.3) is 0 Å². The first-order valence-electron chi connectivity index (χ1n) is 10.1. The van der Waals surface area contributed by atoms with E-state index < -0.39 is 22.1 Å². The van der Waals surface area contributed by atoms with E-state index in [0.29, 0.717) is 0 Å². The van der Waals surface area contributed by atoms with Gasteiger partial charge in [0.2, 0.25) is 11.8 Å². The van der Waals surface area contributed by atoms with Crippen LogP contribution in [0.4, 0.5) is 5.69 Å². The van der Waals surface area contributed by atoms with Crippen molar-refractivity contribution in [1.82, 2.24) is 0 Å². The number of anilines is 1. The smallest absolute Gasteiger partial charge is 0.337 e. The number of imide groups is 1. The van der Waals surface area contributed by atoms with Crippen molar-refractivity contribution >= 4 is 51.0 Å². The Hall–Kier alpha value is -2.96. The Bertz CT molecular complexity index is 1320. The summed E-state index contributed by atoms with van der Waals surface area (Å²) in [6, 6.07) is 20.1. The van der Waals surface area contributed by atoms with Gasteiger partial charge in [0, 0.05) is 5.92 Å². The summed E-state index contributed by atoms with van der Waals surface area (Å²) in [7, 11) is 0. The molecule has 0 unspecified atom stereocenters. The molecule has 2 bridgehead atoms. The second-order valence-electron chi connectivity index (χ2n) is 8.35. The number of alkyl halides is 1. The van der Waals surface area contributed by atoms with E-state index in [4.69, 9.17) is 11.6 Å². The van der Waals surface area contributed by atoms with Gasteiger partial charge in [-0.2, -0.15) is 0 Å². The van der Waals surface area contributed by atoms with Crippen molar-refractivity contribution in [2.75, 3.05) is 4.90 Å². The van der Waals surface area contributed by atoms with Crippen LogP contribution in [0.1, 0.15) is 38.5 Å². The highest BCUT2D eigenvalue weighted by molar-refractivity contribution is 9.09. The number of aromatic carboxylic acids is 1. The molecule has 0 aromatic heterocycles. The lowest BCUT2D eigenvalue weighted by Crippen LogP contribution is -2.50. The number of hydrogen-bond acceptors (Lipinski definition) is 3. The monoisotopic (exact) mass is 507 g/mol. The van der Waals surface area contributed by atoms with Gasteiger partial charge in [0.05, 0.1) is 32.4 Å². The van der Waals surface area contributed by atoms with Crippen LogP contribution in [0.3, 0.4) is 0 Å². The van der Waals surface area contributed by atoms with E-state index in [1.54, 1.807) is 0 Å². The minimum absolute atomic E-state index is 0.0506. The largest absolute Gasteiger partial charge is 0.478 e. The Morgan fingerprint density at radius 3 is 2.12 bits per heavy atom. The molecule has 4 aliphatic rings. The maximum Gasteiger partial charge on any atom is 0.337 e. The molecule has 1 fully saturated rings. The maximum atomic E-state index is 13.8. The average molecular weight is 509 g/mol. The van der Waals surface area contributed by atoms with Crippen LogP contribution in [0.15, 0.2) is 66.7 Å². The van der Waals surface area contributed by atoms with Gasteiger partial charge < -0.3 is 5.11 Å². The van der Waals surface area contributed by atoms with E-state index in [-0.39, 0.29) is 34.0 Å². The Labute approximate surface area is 196 Å². The van der Waals surface area contributed by atoms with Crippen LogP contribution in [0.2, 0.25) is 5.02 Å². The average Bonchev–Trinajstić information content (AvgIpc) is 3.06. The van der Waals surface area contributed by atoms with Crippen molar-refractivity contribution in [3.63, 3.8) is 0 Å². The van der Waals surface area contributed by atoms with Crippen LogP contribution in [-0.2, 0) is 13.9 Å². The molecule has 1 aliphatic heterocycles. The van der Waals surface area contributed by atoms with E-state index in [9.17, 15) is 19.5 Å². The molecule has 3 aromatic rings. The van der Waals surface area contributed by atoms with Gasteiger partial charge in [-0.05, 0) is 40.5 Å². The Morgan fingerprint density at radius 2 is 1.53 bits per heavy atom. The van der Waals surface area contributed by atoms with Gasteiger partial charge in [-0.3, -0.25) is 9.59 Å². The number of hydrogen-bond donors (Lipinski definition) is 1. The number of halogens is 2. The number of nitrogens with zero attached hydrogens (tertiary/aromatic N) is 1. The molecule has 1 saturated heterocycles. The molecular formula is C25H15BrClNO4. The first-order chi connectivity index (χ1) is 15.4. The quantitative estimate of drug-likeness (QED) is 0.393. The number of carboxylic acids is 1. The number of carbonyl (C=O) groups is 3. The molecule has 32 heavy (non-hydrogen) atoms. The molecule has 1 N–H and O–H groups in total. The van der Waals surface area contributed by atoms with Crippen LogP contribution < -0.4 is 4.90 Å². The zero-order valence-electron chi connectivity index (χ0n) is 16.5. The Morgan fingerprint density at radius 1 is 0.938 bits per heavy atom. The summed E-state index contributed by atoms with van der Waals surface area (Å²) in [5.74, 6) is -3.37. The van der Waals surface area contributed by atoms with Crippen molar-refractivity contribution in [2.24, 2.45) is 11.8 Å². The number of amides is 2. The van der Waals surface area contributed by atoms with Gasteiger partial charge in [-0.15, -0.1) is 0 Å². The Balaban J connectivity index is 1.58. The molecular weight excluding hydrogens is 494 g/mol. The van der Waals surface area contributed by atoms with Crippen LogP contribution >= 0.6 is 27.5 Å². The van der Waals surface area contributed by atoms with Gasteiger partial charge in [-0.1, -0.05) is 76.1 Å². The minimum Gasteiger partial charge on any atom is -0.478 e. The lowest BCUT2D eigenvalue weighted by Gasteiger charge is -2.51. The Kier molecular flexibility index (Phi) is 4.02. The topological polar surface area (TPSA) is 74.7 Å². The molecule has 7 heteroatoms. The van der Waals surface area contributed by atoms with E-state index in [0.717, 1.165) is 27.2 Å². The first-order valence-corrected chi connectivity index (χ1v) is 11.3. The highest BCUT2D eigenvalue weighted by Crippen LogP contribution is 2.66. The van der Waals surface area contributed by atoms with Crippen LogP contribution in [0.25, 0.3) is 0 Å². The summed E-state index contributed by atoms with van der Waals surface area (Å²) in [5.41, 5.74) is 4.14. The lowest BCUT2D eigenvalue weighted by molar-refractivity contribution is -0.122. The molecule has 3 aromatic carbocycles. The number of carbonyl (C=O) groups excluding carboxylic acids is 2. The van der Waals surface area contributed by atoms with Crippen LogP contribution in [0, 0.1) is 11.8 Å². The summed E-state index contributed by atoms with van der Waals surface area (Å²) < 4.78 is -0.844. The number of carboxylic acid groups (broad SMARTS) is 1. The number of rotatable bonds is 2. The molecule has 2 atom stereocenters. The van der Waals surface area contributed by atoms with Crippen molar-refractivity contribution in [2.45, 2.75) is 10.2 Å². The lowest BCUT2D eigenvalue weighted by atomic mass is 9.55. The molecule has 0 spiro atoms. The van der Waals surface area contributed by atoms with E-state index in [2.05, 4.69) is 15.9 Å². The van der Waals surface area contributed by atoms with Gasteiger partial charge in [0.1, 0.15) is 0 Å². The SMILES string of the molecule is O=C(O)c1cc(N2C(=O)[C@@H]3C4c5ccccc5C(Br)(c5ccccc54)[C@@H]3C2=O)ccc1Cl. The molecule has 1 heterocycles. The van der Waals surface area contributed by atoms with Gasteiger partial charge >= 0.3 is 5.97 Å². The highest BCUT2D eigenvalue weighted by atomic mass is 79.9. The van der Waals surface area contributed by atoms with E-state index in [1.165, 1.54) is 18.2 Å². The fourth-order valence-corrected chi connectivity index (χ4v) is 7.15. The van der Waals surface area contributed by atoms with Gasteiger partial charge in [-0.25, -0.2) is 9.69 Å². The maximum absolute atomic E-state index is 13.8. The molecule has 2 amide bonds. The standard InChI is InChI=1S/C25H15BrClNO4/c26-25-16-7-3-1-5-13(16)19(14-6-2-4-8-17(14)25)20-21(25)23(30)28(22(20)29)12-9-10-18(27)15(11-12)24(31)32/h1-11,19-21H,(H,31,32)/t19?,20-,21+,25?/m1/s1. The fraction of sp³-hybridized carbons (Fsp3) is 0.160. The second kappa shape index (κ2) is 6.53. The van der Waals surface area contributed by atoms with E-state index >= 15 is 0 Å². The number of benzene rings is 3. The van der Waals surface area contributed by atoms with Crippen LogP contribution in [0.5, 0.6) is 0 Å². The molecule has 0 radical (unpaired) electrons. The summed E-state index contributed by atoms with van der Waals surface area (Å²) in [6.45, 7) is 0. The first kappa shape index (κ1) is 19.7. The third-order valence-electron chi connectivity index (χ3n) is 6.95. The zero-order chi connectivity index (χ0) is 22.4. The second-order valence-corrected chi connectivity index (χ2v) is 10.0. The van der Waals surface area contributed by atoms with Crippen molar-refractivity contribution in [1.29, 1.82) is 0 Å². The summed E-state index contributed by atoms with van der Waals surface area (Å²) in [6.07, 6.45) is 0. The van der Waals surface area contributed by atoms with Crippen LogP contribution in [-0.4, -0.2) is 22.9 Å². The molecule has 0 saturated carbocycles. The third-order valence-corrected chi connectivity index (χ3v) is 8.63. The molecule has 158 valence electrons. The minimum atomic E-state index is -1.22. The molecule has 3 aliphatic carbocycles. The summed E-state index contributed by atoms with van der Waals surface area (Å²) >= 11 is 9.96. The molecule has 7 rings (SSSR count). The third kappa shape index (κ3) is 2.26. The van der Waals surface area contributed by atoms with Gasteiger partial charge in [0.15, 0.2) is 0 Å². The zero-order valence-corrected chi connectivity index (χ0v) is 18.8. The van der Waals surface area contributed by atoms with Crippen molar-refractivity contribution < 1.29 is 19.5 Å². The predicted octanol–water partition coefficient (Wildman–Crippen LogP) is 4.94. The summed E-state index contributed by atoms with van der Waals surface area (Å²) in [4.78, 5) is 40.3. The van der Waals surface area contributed by atoms with E-state index in [1.807, 2.05) is 48.5 Å². The predicted molar refractivity (Wildman–Crippen MR) is 122 cm³/mol. The van der Waals surface area contributed by atoms with Crippen molar-refractivity contribution in [3.8, 4) is 0 Å². The molecule has 5 nitrogen and oxygen atoms in total. The summed E-state index contributed by atoms with van der Waals surface area (Å²) in [5, 5.41) is 9.51. The highest BCUT2D eigenvalue weighted by Gasteiger charge is 2.67. The fourth-order valence-electron chi connectivity index (χ4n) is 5.75. The van der Waals surface area contributed by atoms with Crippen molar-refractivity contribution in [3.05, 3.63) is 99.6 Å². The normalized spacial score (nSPS) is 27.2.